The van der Waals surface area contributed by atoms with E-state index in [-0.39, 0.29) is 6.04 Å². The van der Waals surface area contributed by atoms with Crippen molar-refractivity contribution >= 4 is 12.6 Å². The van der Waals surface area contributed by atoms with Crippen LogP contribution in [0, 0.1) is 0 Å². The lowest BCUT2D eigenvalue weighted by Gasteiger charge is -2.12. The van der Waals surface area contributed by atoms with Crippen molar-refractivity contribution in [2.24, 2.45) is 5.73 Å². The van der Waals surface area contributed by atoms with Crippen LogP contribution in [0.5, 0.6) is 0 Å². The average molecular weight is 209 g/mol. The normalized spacial score (nSPS) is 13.2. The van der Waals surface area contributed by atoms with Crippen LogP contribution in [0.1, 0.15) is 43.4 Å². The molecule has 1 unspecified atom stereocenters. The van der Waals surface area contributed by atoms with Crippen molar-refractivity contribution in [3.63, 3.8) is 0 Å². The molecule has 2 heteroatoms. The van der Waals surface area contributed by atoms with E-state index in [1.807, 2.05) is 0 Å². The second kappa shape index (κ2) is 5.42. The molecule has 0 aliphatic heterocycles. The Hall–Kier alpha value is -0.470. The maximum absolute atomic E-state index is 5.98. The molecule has 2 N–H and O–H groups in total. The maximum Gasteiger partial charge on any atom is 0.0302 e. The van der Waals surface area contributed by atoms with Gasteiger partial charge in [-0.2, -0.15) is 12.6 Å². The van der Waals surface area contributed by atoms with Crippen LogP contribution in [-0.4, -0.2) is 5.75 Å². The molecule has 1 aromatic carbocycles. The van der Waals surface area contributed by atoms with Gasteiger partial charge in [-0.25, -0.2) is 0 Å². The highest BCUT2D eigenvalue weighted by molar-refractivity contribution is 7.80. The van der Waals surface area contributed by atoms with Crippen molar-refractivity contribution in [1.29, 1.82) is 0 Å². The number of thiol groups is 1. The zero-order valence-corrected chi connectivity index (χ0v) is 9.80. The van der Waals surface area contributed by atoms with Crippen molar-refractivity contribution in [2.75, 3.05) is 5.75 Å². The van der Waals surface area contributed by atoms with Crippen LogP contribution in [0.25, 0.3) is 0 Å². The van der Waals surface area contributed by atoms with Crippen LogP contribution in [0.4, 0.5) is 0 Å². The van der Waals surface area contributed by atoms with E-state index in [9.17, 15) is 0 Å². The molecule has 0 heterocycles. The van der Waals surface area contributed by atoms with Gasteiger partial charge in [-0.1, -0.05) is 38.1 Å². The number of hydrogen-bond donors (Lipinski definition) is 2. The molecule has 0 aliphatic rings. The third kappa shape index (κ3) is 3.03. The molecule has 0 aliphatic carbocycles. The summed E-state index contributed by atoms with van der Waals surface area (Å²) in [5.41, 5.74) is 8.56. The Morgan fingerprint density at radius 2 is 1.64 bits per heavy atom. The highest BCUT2D eigenvalue weighted by Gasteiger charge is 2.05. The molecule has 0 radical (unpaired) electrons. The van der Waals surface area contributed by atoms with Gasteiger partial charge in [-0.3, -0.25) is 0 Å². The Morgan fingerprint density at radius 3 is 2.07 bits per heavy atom. The van der Waals surface area contributed by atoms with Crippen molar-refractivity contribution in [1.82, 2.24) is 0 Å². The monoisotopic (exact) mass is 209 g/mol. The van der Waals surface area contributed by atoms with Gasteiger partial charge < -0.3 is 5.73 Å². The molecule has 0 bridgehead atoms. The zero-order valence-electron chi connectivity index (χ0n) is 8.90. The van der Waals surface area contributed by atoms with Crippen LogP contribution in [-0.2, 0) is 0 Å². The molecule has 14 heavy (non-hydrogen) atoms. The Bertz CT molecular complexity index is 266. The summed E-state index contributed by atoms with van der Waals surface area (Å²) in [5, 5.41) is 0. The minimum atomic E-state index is 0.133. The van der Waals surface area contributed by atoms with Crippen LogP contribution >= 0.6 is 12.6 Å². The summed E-state index contributed by atoms with van der Waals surface area (Å²) < 4.78 is 0. The maximum atomic E-state index is 5.98. The minimum absolute atomic E-state index is 0.133. The first-order chi connectivity index (χ1) is 6.65. The predicted molar refractivity (Wildman–Crippen MR) is 65.9 cm³/mol. The second-order valence-electron chi connectivity index (χ2n) is 3.94. The Morgan fingerprint density at radius 1 is 1.14 bits per heavy atom. The lowest BCUT2D eigenvalue weighted by Crippen LogP contribution is -2.10. The summed E-state index contributed by atoms with van der Waals surface area (Å²) in [6.07, 6.45) is 0.935. The number of hydrogen-bond acceptors (Lipinski definition) is 2. The molecule has 0 saturated heterocycles. The van der Waals surface area contributed by atoms with Gasteiger partial charge in [0, 0.05) is 6.04 Å². The molecule has 78 valence electrons. The van der Waals surface area contributed by atoms with Crippen molar-refractivity contribution in [3.8, 4) is 0 Å². The van der Waals surface area contributed by atoms with E-state index in [1.54, 1.807) is 0 Å². The largest absolute Gasteiger partial charge is 0.324 e. The van der Waals surface area contributed by atoms with Crippen molar-refractivity contribution in [2.45, 2.75) is 32.2 Å². The average Bonchev–Trinajstić information content (AvgIpc) is 2.18. The predicted octanol–water partition coefficient (Wildman–Crippen LogP) is 3.13. The summed E-state index contributed by atoms with van der Waals surface area (Å²) in [7, 11) is 0. The SMILES string of the molecule is CC(C)c1ccc(C(N)CCS)cc1. The topological polar surface area (TPSA) is 26.0 Å². The Kier molecular flexibility index (Phi) is 4.49. The third-order valence-corrected chi connectivity index (χ3v) is 2.73. The highest BCUT2D eigenvalue weighted by atomic mass is 32.1. The van der Waals surface area contributed by atoms with Gasteiger partial charge in [-0.05, 0) is 29.2 Å². The molecule has 1 rings (SSSR count). The van der Waals surface area contributed by atoms with Gasteiger partial charge in [0.2, 0.25) is 0 Å². The first-order valence-corrected chi connectivity index (χ1v) is 5.74. The van der Waals surface area contributed by atoms with E-state index < -0.39 is 0 Å². The summed E-state index contributed by atoms with van der Waals surface area (Å²) in [6, 6.07) is 8.72. The Labute approximate surface area is 92.1 Å². The van der Waals surface area contributed by atoms with E-state index in [2.05, 4.69) is 50.7 Å². The fourth-order valence-electron chi connectivity index (χ4n) is 1.43. The number of rotatable bonds is 4. The van der Waals surface area contributed by atoms with E-state index >= 15 is 0 Å². The molecule has 0 fully saturated rings. The summed E-state index contributed by atoms with van der Waals surface area (Å²) in [4.78, 5) is 0. The number of nitrogens with two attached hydrogens (primary N) is 1. The van der Waals surface area contributed by atoms with Crippen LogP contribution in [0.2, 0.25) is 0 Å². The third-order valence-electron chi connectivity index (χ3n) is 2.47. The van der Waals surface area contributed by atoms with Crippen LogP contribution < -0.4 is 5.73 Å². The van der Waals surface area contributed by atoms with Crippen LogP contribution in [0.15, 0.2) is 24.3 Å². The summed E-state index contributed by atoms with van der Waals surface area (Å²) in [5.74, 6) is 1.43. The van der Waals surface area contributed by atoms with Crippen molar-refractivity contribution < 1.29 is 0 Å². The zero-order chi connectivity index (χ0) is 10.6. The number of benzene rings is 1. The molecular weight excluding hydrogens is 190 g/mol. The summed E-state index contributed by atoms with van der Waals surface area (Å²) >= 11 is 4.18. The first-order valence-electron chi connectivity index (χ1n) is 5.11. The molecule has 1 aromatic rings. The van der Waals surface area contributed by atoms with E-state index in [4.69, 9.17) is 5.73 Å². The van der Waals surface area contributed by atoms with Gasteiger partial charge in [0.05, 0.1) is 0 Å². The smallest absolute Gasteiger partial charge is 0.0302 e. The fourth-order valence-corrected chi connectivity index (χ4v) is 1.71. The van der Waals surface area contributed by atoms with E-state index in [0.717, 1.165) is 12.2 Å². The van der Waals surface area contributed by atoms with Gasteiger partial charge in [0.25, 0.3) is 0 Å². The molecule has 1 nitrogen and oxygen atoms in total. The quantitative estimate of drug-likeness (QED) is 0.732. The van der Waals surface area contributed by atoms with Gasteiger partial charge >= 0.3 is 0 Å². The second-order valence-corrected chi connectivity index (χ2v) is 4.39. The Balaban J connectivity index is 2.72. The minimum Gasteiger partial charge on any atom is -0.324 e. The molecular formula is C12H19NS. The lowest BCUT2D eigenvalue weighted by atomic mass is 9.98. The molecule has 1 atom stereocenters. The molecule has 0 spiro atoms. The summed E-state index contributed by atoms with van der Waals surface area (Å²) in [6.45, 7) is 4.39. The molecule has 0 saturated carbocycles. The highest BCUT2D eigenvalue weighted by Crippen LogP contribution is 2.19. The lowest BCUT2D eigenvalue weighted by molar-refractivity contribution is 0.705. The van der Waals surface area contributed by atoms with E-state index in [1.165, 1.54) is 11.1 Å². The fraction of sp³-hybridized carbons (Fsp3) is 0.500. The van der Waals surface area contributed by atoms with Crippen LogP contribution in [0.3, 0.4) is 0 Å². The standard InChI is InChI=1S/C12H19NS/c1-9(2)10-3-5-11(6-4-10)12(13)7-8-14/h3-6,9,12,14H,7-8,13H2,1-2H3. The van der Waals surface area contributed by atoms with E-state index in [0.29, 0.717) is 5.92 Å². The molecule has 0 aromatic heterocycles. The van der Waals surface area contributed by atoms with Gasteiger partial charge in [0.1, 0.15) is 0 Å². The van der Waals surface area contributed by atoms with Crippen molar-refractivity contribution in [3.05, 3.63) is 35.4 Å². The van der Waals surface area contributed by atoms with Gasteiger partial charge in [0.15, 0.2) is 0 Å². The van der Waals surface area contributed by atoms with Gasteiger partial charge in [-0.15, -0.1) is 0 Å². The first kappa shape index (κ1) is 11.6. The molecule has 0 amide bonds.